The zero-order valence-electron chi connectivity index (χ0n) is 19.3. The van der Waals surface area contributed by atoms with Gasteiger partial charge in [0.15, 0.2) is 0 Å². The Balaban J connectivity index is 1.31. The van der Waals surface area contributed by atoms with Crippen LogP contribution in [0.2, 0.25) is 5.02 Å². The topological polar surface area (TPSA) is 108 Å². The average Bonchev–Trinajstić information content (AvgIpc) is 3.09. The molecular weight excluding hydrogens is 513 g/mol. The van der Waals surface area contributed by atoms with Gasteiger partial charge in [-0.05, 0) is 54.8 Å². The summed E-state index contributed by atoms with van der Waals surface area (Å²) < 4.78 is 38.5. The van der Waals surface area contributed by atoms with Gasteiger partial charge in [-0.2, -0.15) is 13.2 Å². The van der Waals surface area contributed by atoms with E-state index < -0.39 is 41.4 Å². The van der Waals surface area contributed by atoms with Crippen LogP contribution in [0.4, 0.5) is 18.9 Å². The molecule has 194 valence electrons. The molecule has 0 radical (unpaired) electrons. The van der Waals surface area contributed by atoms with Gasteiger partial charge in [-0.15, -0.1) is 0 Å². The minimum Gasteiger partial charge on any atom is -0.351 e. The molecule has 12 heteroatoms. The zero-order chi connectivity index (χ0) is 26.7. The van der Waals surface area contributed by atoms with E-state index in [0.717, 1.165) is 22.6 Å². The van der Waals surface area contributed by atoms with Crippen molar-refractivity contribution in [1.82, 2.24) is 15.5 Å². The Hall–Kier alpha value is -3.70. The molecule has 1 fully saturated rings. The quantitative estimate of drug-likeness (QED) is 0.355. The number of alkyl halides is 3. The van der Waals surface area contributed by atoms with Crippen LogP contribution < -0.4 is 16.0 Å². The molecule has 3 N–H and O–H groups in total. The lowest BCUT2D eigenvalue weighted by Gasteiger charge is -2.28. The summed E-state index contributed by atoms with van der Waals surface area (Å²) in [4.78, 5) is 49.5. The number of hydrogen-bond donors (Lipinski definition) is 3. The molecule has 1 unspecified atom stereocenters. The lowest BCUT2D eigenvalue weighted by atomic mass is 10.0. The third kappa shape index (κ3) is 6.17. The second kappa shape index (κ2) is 10.7. The summed E-state index contributed by atoms with van der Waals surface area (Å²) in [5, 5.41) is 7.91. The van der Waals surface area contributed by atoms with E-state index in [2.05, 4.69) is 16.0 Å². The number of piperidine rings is 1. The largest absolute Gasteiger partial charge is 0.417 e. The van der Waals surface area contributed by atoms with Crippen LogP contribution in [0.3, 0.4) is 0 Å². The predicted molar refractivity (Wildman–Crippen MR) is 128 cm³/mol. The van der Waals surface area contributed by atoms with Gasteiger partial charge in [0.2, 0.25) is 11.8 Å². The summed E-state index contributed by atoms with van der Waals surface area (Å²) in [7, 11) is 0. The summed E-state index contributed by atoms with van der Waals surface area (Å²) in [5.41, 5.74) is 1.21. The van der Waals surface area contributed by atoms with E-state index in [-0.39, 0.29) is 23.6 Å². The van der Waals surface area contributed by atoms with Gasteiger partial charge in [0.25, 0.3) is 11.8 Å². The molecular formula is C25H22ClF3N4O4. The standard InChI is InChI=1S/C25H22ClF3N4O4/c26-18-11-14(4-5-17(18)25(27,28)29)8-9-30-13-15-2-1-3-16(10-15)31-19-12-22(35)33(24(19)37)20-6-7-21(34)32-23(20)36/h1-5,10-12,20,30-31H,6-9,13H2,(H,32,34,36). The van der Waals surface area contributed by atoms with Crippen molar-refractivity contribution >= 4 is 40.9 Å². The van der Waals surface area contributed by atoms with E-state index >= 15 is 0 Å². The van der Waals surface area contributed by atoms with Crippen molar-refractivity contribution in [3.05, 3.63) is 76.0 Å². The van der Waals surface area contributed by atoms with Crippen molar-refractivity contribution in [2.45, 2.75) is 38.0 Å². The Kier molecular flexibility index (Phi) is 7.65. The van der Waals surface area contributed by atoms with E-state index in [1.165, 1.54) is 12.1 Å². The molecule has 1 saturated heterocycles. The Morgan fingerprint density at radius 1 is 1.05 bits per heavy atom. The van der Waals surface area contributed by atoms with Crippen LogP contribution in [0.25, 0.3) is 0 Å². The Bertz CT molecular complexity index is 1290. The number of amides is 4. The normalized spacial score (nSPS) is 18.2. The lowest BCUT2D eigenvalue weighted by Crippen LogP contribution is -2.54. The number of anilines is 1. The predicted octanol–water partition coefficient (Wildman–Crippen LogP) is 3.16. The Morgan fingerprint density at radius 3 is 2.54 bits per heavy atom. The first-order chi connectivity index (χ1) is 17.5. The van der Waals surface area contributed by atoms with Gasteiger partial charge in [0.1, 0.15) is 11.7 Å². The summed E-state index contributed by atoms with van der Waals surface area (Å²) in [6.07, 6.45) is -2.80. The van der Waals surface area contributed by atoms with Crippen molar-refractivity contribution in [3.8, 4) is 0 Å². The van der Waals surface area contributed by atoms with Crippen molar-refractivity contribution in [2.24, 2.45) is 0 Å². The number of rotatable bonds is 8. The molecule has 0 spiro atoms. The van der Waals surface area contributed by atoms with Gasteiger partial charge in [0, 0.05) is 24.7 Å². The molecule has 2 aliphatic heterocycles. The molecule has 2 heterocycles. The molecule has 4 amide bonds. The fraction of sp³-hybridized carbons (Fsp3) is 0.280. The Morgan fingerprint density at radius 2 is 1.84 bits per heavy atom. The molecule has 1 atom stereocenters. The van der Waals surface area contributed by atoms with Gasteiger partial charge in [-0.3, -0.25) is 29.4 Å². The minimum absolute atomic E-state index is 0.0130. The van der Waals surface area contributed by atoms with Crippen LogP contribution in [-0.2, 0) is 38.3 Å². The van der Waals surface area contributed by atoms with E-state index in [1.807, 2.05) is 6.07 Å². The molecule has 0 aliphatic carbocycles. The summed E-state index contributed by atoms with van der Waals surface area (Å²) in [6, 6.07) is 9.72. The van der Waals surface area contributed by atoms with Crippen LogP contribution >= 0.6 is 11.6 Å². The number of hydrogen-bond acceptors (Lipinski definition) is 6. The van der Waals surface area contributed by atoms with E-state index in [9.17, 15) is 32.3 Å². The smallest absolute Gasteiger partial charge is 0.351 e. The van der Waals surface area contributed by atoms with E-state index in [1.54, 1.807) is 18.2 Å². The fourth-order valence-corrected chi connectivity index (χ4v) is 4.43. The molecule has 4 rings (SSSR count). The van der Waals surface area contributed by atoms with Crippen molar-refractivity contribution in [2.75, 3.05) is 11.9 Å². The second-order valence-electron chi connectivity index (χ2n) is 8.60. The highest BCUT2D eigenvalue weighted by molar-refractivity contribution is 6.31. The number of nitrogens with one attached hydrogen (secondary N) is 3. The van der Waals surface area contributed by atoms with Crippen molar-refractivity contribution < 1.29 is 32.3 Å². The zero-order valence-corrected chi connectivity index (χ0v) is 20.1. The number of carbonyl (C=O) groups is 4. The average molecular weight is 535 g/mol. The van der Waals surface area contributed by atoms with Crippen LogP contribution in [0, 0.1) is 0 Å². The van der Waals surface area contributed by atoms with E-state index in [4.69, 9.17) is 11.6 Å². The minimum atomic E-state index is -4.50. The van der Waals surface area contributed by atoms with Crippen LogP contribution in [-0.4, -0.2) is 41.1 Å². The number of imide groups is 2. The SMILES string of the molecule is O=C1CCC(N2C(=O)C=C(Nc3cccc(CNCCc4ccc(C(F)(F)F)c(Cl)c4)c3)C2=O)C(=O)N1. The molecule has 2 aromatic rings. The summed E-state index contributed by atoms with van der Waals surface area (Å²) in [6.45, 7) is 0.927. The molecule has 2 aromatic carbocycles. The Labute approximate surface area is 214 Å². The summed E-state index contributed by atoms with van der Waals surface area (Å²) in [5.74, 6) is -2.42. The number of nitrogens with zero attached hydrogens (tertiary/aromatic N) is 1. The number of benzene rings is 2. The maximum atomic E-state index is 12.8. The molecule has 37 heavy (non-hydrogen) atoms. The molecule has 2 aliphatic rings. The monoisotopic (exact) mass is 534 g/mol. The van der Waals surface area contributed by atoms with Gasteiger partial charge >= 0.3 is 6.18 Å². The number of halogens is 4. The van der Waals surface area contributed by atoms with E-state index in [0.29, 0.717) is 30.8 Å². The highest BCUT2D eigenvalue weighted by Gasteiger charge is 2.42. The van der Waals surface area contributed by atoms with Crippen molar-refractivity contribution in [1.29, 1.82) is 0 Å². The molecule has 0 aromatic heterocycles. The highest BCUT2D eigenvalue weighted by Crippen LogP contribution is 2.35. The third-order valence-corrected chi connectivity index (χ3v) is 6.25. The molecule has 0 saturated carbocycles. The van der Waals surface area contributed by atoms with Gasteiger partial charge in [-0.1, -0.05) is 29.8 Å². The first kappa shape index (κ1) is 26.4. The second-order valence-corrected chi connectivity index (χ2v) is 9.01. The van der Waals surface area contributed by atoms with Crippen LogP contribution in [0.15, 0.2) is 54.2 Å². The first-order valence-electron chi connectivity index (χ1n) is 11.4. The van der Waals surface area contributed by atoms with Gasteiger partial charge in [0.05, 0.1) is 10.6 Å². The first-order valence-corrected chi connectivity index (χ1v) is 11.8. The highest BCUT2D eigenvalue weighted by atomic mass is 35.5. The van der Waals surface area contributed by atoms with Crippen LogP contribution in [0.1, 0.15) is 29.5 Å². The molecule has 8 nitrogen and oxygen atoms in total. The van der Waals surface area contributed by atoms with Crippen LogP contribution in [0.5, 0.6) is 0 Å². The maximum Gasteiger partial charge on any atom is 0.417 e. The number of carbonyl (C=O) groups excluding carboxylic acids is 4. The molecule has 0 bridgehead atoms. The fourth-order valence-electron chi connectivity index (χ4n) is 4.12. The third-order valence-electron chi connectivity index (χ3n) is 5.94. The maximum absolute atomic E-state index is 12.8. The lowest BCUT2D eigenvalue weighted by molar-refractivity contribution is -0.149. The van der Waals surface area contributed by atoms with Gasteiger partial charge in [-0.25, -0.2) is 0 Å². The van der Waals surface area contributed by atoms with Gasteiger partial charge < -0.3 is 10.6 Å². The van der Waals surface area contributed by atoms with Crippen molar-refractivity contribution in [3.63, 3.8) is 0 Å². The summed E-state index contributed by atoms with van der Waals surface area (Å²) >= 11 is 5.76.